The highest BCUT2D eigenvalue weighted by atomic mass is 32.1. The Bertz CT molecular complexity index is 421. The van der Waals surface area contributed by atoms with E-state index in [1.54, 1.807) is 36.2 Å². The van der Waals surface area contributed by atoms with Crippen molar-refractivity contribution in [1.82, 2.24) is 4.90 Å². The van der Waals surface area contributed by atoms with Crippen molar-refractivity contribution in [2.75, 3.05) is 13.6 Å². The SMILES string of the molecule is CN(CCC(N)=S)C(=O)Cc1cccc(O)c1. The maximum absolute atomic E-state index is 11.8. The summed E-state index contributed by atoms with van der Waals surface area (Å²) in [6, 6.07) is 6.68. The average molecular weight is 252 g/mol. The second kappa shape index (κ2) is 6.20. The molecule has 0 unspecified atom stereocenters. The second-order valence-corrected chi connectivity index (χ2v) is 4.40. The lowest BCUT2D eigenvalue weighted by molar-refractivity contribution is -0.129. The van der Waals surface area contributed by atoms with Gasteiger partial charge in [-0.2, -0.15) is 0 Å². The molecule has 92 valence electrons. The number of aromatic hydroxyl groups is 1. The van der Waals surface area contributed by atoms with E-state index in [2.05, 4.69) is 0 Å². The van der Waals surface area contributed by atoms with Gasteiger partial charge in [-0.25, -0.2) is 0 Å². The molecule has 0 fully saturated rings. The molecular weight excluding hydrogens is 236 g/mol. The van der Waals surface area contributed by atoms with Crippen LogP contribution >= 0.6 is 12.2 Å². The first-order valence-electron chi connectivity index (χ1n) is 5.29. The number of nitrogens with zero attached hydrogens (tertiary/aromatic N) is 1. The number of hydrogen-bond donors (Lipinski definition) is 2. The molecule has 0 spiro atoms. The number of amides is 1. The van der Waals surface area contributed by atoms with Crippen molar-refractivity contribution in [3.8, 4) is 5.75 Å². The van der Waals surface area contributed by atoms with Gasteiger partial charge in [-0.15, -0.1) is 0 Å². The van der Waals surface area contributed by atoms with Gasteiger partial charge >= 0.3 is 0 Å². The molecule has 0 aliphatic carbocycles. The van der Waals surface area contributed by atoms with E-state index in [1.165, 1.54) is 0 Å². The van der Waals surface area contributed by atoms with Crippen LogP contribution in [0.4, 0.5) is 0 Å². The zero-order valence-electron chi connectivity index (χ0n) is 9.72. The monoisotopic (exact) mass is 252 g/mol. The molecule has 17 heavy (non-hydrogen) atoms. The number of carbonyl (C=O) groups excluding carboxylic acids is 1. The first-order valence-corrected chi connectivity index (χ1v) is 5.70. The Kier molecular flexibility index (Phi) is 4.90. The summed E-state index contributed by atoms with van der Waals surface area (Å²) < 4.78 is 0. The molecule has 0 aromatic heterocycles. The summed E-state index contributed by atoms with van der Waals surface area (Å²) in [5, 5.41) is 9.28. The summed E-state index contributed by atoms with van der Waals surface area (Å²) >= 11 is 4.75. The minimum atomic E-state index is -0.0214. The third-order valence-electron chi connectivity index (χ3n) is 2.39. The molecule has 0 heterocycles. The molecule has 1 aromatic rings. The number of nitrogens with two attached hydrogens (primary N) is 1. The molecule has 5 heteroatoms. The third kappa shape index (κ3) is 4.82. The van der Waals surface area contributed by atoms with Gasteiger partial charge in [0.05, 0.1) is 11.4 Å². The Morgan fingerprint density at radius 1 is 1.53 bits per heavy atom. The van der Waals surface area contributed by atoms with Gasteiger partial charge in [0.25, 0.3) is 0 Å². The molecular formula is C12H16N2O2S. The van der Waals surface area contributed by atoms with E-state index in [0.717, 1.165) is 5.56 Å². The molecule has 0 atom stereocenters. The summed E-state index contributed by atoms with van der Waals surface area (Å²) in [5.74, 6) is 0.146. The minimum Gasteiger partial charge on any atom is -0.508 e. The first-order chi connectivity index (χ1) is 7.99. The fraction of sp³-hybridized carbons (Fsp3) is 0.333. The molecule has 0 aliphatic heterocycles. The highest BCUT2D eigenvalue weighted by molar-refractivity contribution is 7.80. The van der Waals surface area contributed by atoms with Gasteiger partial charge in [0.1, 0.15) is 5.75 Å². The van der Waals surface area contributed by atoms with Crippen LogP contribution in [0.15, 0.2) is 24.3 Å². The molecule has 0 saturated carbocycles. The number of thiocarbonyl (C=S) groups is 1. The van der Waals surface area contributed by atoms with Crippen LogP contribution in [-0.2, 0) is 11.2 Å². The summed E-state index contributed by atoms with van der Waals surface area (Å²) in [4.78, 5) is 13.8. The van der Waals surface area contributed by atoms with Gasteiger partial charge in [0.2, 0.25) is 5.91 Å². The smallest absolute Gasteiger partial charge is 0.226 e. The molecule has 3 N–H and O–H groups in total. The molecule has 0 radical (unpaired) electrons. The topological polar surface area (TPSA) is 66.6 Å². The van der Waals surface area contributed by atoms with Crippen LogP contribution < -0.4 is 5.73 Å². The van der Waals surface area contributed by atoms with E-state index in [-0.39, 0.29) is 18.1 Å². The Morgan fingerprint density at radius 3 is 2.82 bits per heavy atom. The molecule has 0 bridgehead atoms. The number of hydrogen-bond acceptors (Lipinski definition) is 3. The summed E-state index contributed by atoms with van der Waals surface area (Å²) in [7, 11) is 1.71. The van der Waals surface area contributed by atoms with E-state index in [4.69, 9.17) is 18.0 Å². The van der Waals surface area contributed by atoms with Crippen molar-refractivity contribution in [3.05, 3.63) is 29.8 Å². The van der Waals surface area contributed by atoms with E-state index < -0.39 is 0 Å². The van der Waals surface area contributed by atoms with Crippen LogP contribution in [0, 0.1) is 0 Å². The zero-order valence-corrected chi connectivity index (χ0v) is 10.5. The molecule has 4 nitrogen and oxygen atoms in total. The number of phenols is 1. The van der Waals surface area contributed by atoms with Crippen molar-refractivity contribution in [1.29, 1.82) is 0 Å². The van der Waals surface area contributed by atoms with Crippen molar-refractivity contribution in [2.45, 2.75) is 12.8 Å². The van der Waals surface area contributed by atoms with E-state index in [9.17, 15) is 9.90 Å². The highest BCUT2D eigenvalue weighted by Crippen LogP contribution is 2.12. The molecule has 1 aromatic carbocycles. The van der Waals surface area contributed by atoms with Crippen LogP contribution in [0.25, 0.3) is 0 Å². The normalized spacial score (nSPS) is 9.94. The number of rotatable bonds is 5. The van der Waals surface area contributed by atoms with Crippen molar-refractivity contribution in [3.63, 3.8) is 0 Å². The molecule has 1 rings (SSSR count). The van der Waals surface area contributed by atoms with E-state index in [0.29, 0.717) is 18.0 Å². The Morgan fingerprint density at radius 2 is 2.24 bits per heavy atom. The predicted octanol–water partition coefficient (Wildman–Crippen LogP) is 1.07. The van der Waals surface area contributed by atoms with Gasteiger partial charge in [-0.05, 0) is 17.7 Å². The maximum atomic E-state index is 11.8. The highest BCUT2D eigenvalue weighted by Gasteiger charge is 2.09. The first kappa shape index (κ1) is 13.4. The van der Waals surface area contributed by atoms with E-state index >= 15 is 0 Å². The largest absolute Gasteiger partial charge is 0.508 e. The summed E-state index contributed by atoms with van der Waals surface area (Å²) in [5.41, 5.74) is 6.16. The molecule has 1 amide bonds. The minimum absolute atomic E-state index is 0.0214. The third-order valence-corrected chi connectivity index (χ3v) is 2.59. The maximum Gasteiger partial charge on any atom is 0.226 e. The van der Waals surface area contributed by atoms with Gasteiger partial charge in [-0.1, -0.05) is 24.4 Å². The number of carbonyl (C=O) groups is 1. The van der Waals surface area contributed by atoms with Crippen molar-refractivity contribution >= 4 is 23.1 Å². The van der Waals surface area contributed by atoms with Gasteiger partial charge in [0.15, 0.2) is 0 Å². The van der Waals surface area contributed by atoms with Gasteiger partial charge < -0.3 is 15.7 Å². The fourth-order valence-corrected chi connectivity index (χ4v) is 1.47. The standard InChI is InChI=1S/C12H16N2O2S/c1-14(6-5-11(13)17)12(16)8-9-3-2-4-10(15)7-9/h2-4,7,15H,5-6,8H2,1H3,(H2,13,17). The van der Waals surface area contributed by atoms with Crippen LogP contribution in [0.2, 0.25) is 0 Å². The lowest BCUT2D eigenvalue weighted by Gasteiger charge is -2.16. The molecule has 0 saturated heterocycles. The quantitative estimate of drug-likeness (QED) is 0.769. The lowest BCUT2D eigenvalue weighted by Crippen LogP contribution is -2.31. The predicted molar refractivity (Wildman–Crippen MR) is 70.9 cm³/mol. The number of phenolic OH excluding ortho intramolecular Hbond substituents is 1. The van der Waals surface area contributed by atoms with E-state index in [1.807, 2.05) is 0 Å². The average Bonchev–Trinajstić information content (AvgIpc) is 2.25. The zero-order chi connectivity index (χ0) is 12.8. The van der Waals surface area contributed by atoms with Crippen molar-refractivity contribution in [2.24, 2.45) is 5.73 Å². The van der Waals surface area contributed by atoms with Crippen LogP contribution in [-0.4, -0.2) is 34.5 Å². The number of likely N-dealkylation sites (N-methyl/N-ethyl adjacent to an activating group) is 1. The Hall–Kier alpha value is -1.62. The van der Waals surface area contributed by atoms with Crippen LogP contribution in [0.1, 0.15) is 12.0 Å². The Labute approximate surface area is 106 Å². The lowest BCUT2D eigenvalue weighted by atomic mass is 10.1. The second-order valence-electron chi connectivity index (χ2n) is 3.88. The molecule has 0 aliphatic rings. The fourth-order valence-electron chi connectivity index (χ4n) is 1.38. The van der Waals surface area contributed by atoms with Crippen LogP contribution in [0.5, 0.6) is 5.75 Å². The van der Waals surface area contributed by atoms with Gasteiger partial charge in [0, 0.05) is 20.0 Å². The van der Waals surface area contributed by atoms with Gasteiger partial charge in [-0.3, -0.25) is 4.79 Å². The Balaban J connectivity index is 2.51. The van der Waals surface area contributed by atoms with Crippen LogP contribution in [0.3, 0.4) is 0 Å². The summed E-state index contributed by atoms with van der Waals surface area (Å²) in [6.07, 6.45) is 0.792. The van der Waals surface area contributed by atoms with Crippen molar-refractivity contribution < 1.29 is 9.90 Å². The number of benzene rings is 1. The summed E-state index contributed by atoms with van der Waals surface area (Å²) in [6.45, 7) is 0.521.